The first-order valence-corrected chi connectivity index (χ1v) is 6.06. The summed E-state index contributed by atoms with van der Waals surface area (Å²) in [5.41, 5.74) is 1.49. The third-order valence-corrected chi connectivity index (χ3v) is 3.53. The number of hydrogen-bond donors (Lipinski definition) is 1. The van der Waals surface area contributed by atoms with Crippen LogP contribution in [0.15, 0.2) is 22.7 Å². The molecule has 1 aromatic carbocycles. The zero-order valence-corrected chi connectivity index (χ0v) is 10.6. The van der Waals surface area contributed by atoms with E-state index in [-0.39, 0.29) is 12.3 Å². The van der Waals surface area contributed by atoms with Crippen molar-refractivity contribution in [2.75, 3.05) is 18.0 Å². The number of nitrogens with zero attached hydrogens (tertiary/aromatic N) is 2. The Morgan fingerprint density at radius 1 is 1.59 bits per heavy atom. The van der Waals surface area contributed by atoms with Crippen molar-refractivity contribution in [1.82, 2.24) is 0 Å². The Morgan fingerprint density at radius 2 is 2.29 bits per heavy atom. The summed E-state index contributed by atoms with van der Waals surface area (Å²) in [6, 6.07) is 7.76. The average molecular weight is 295 g/mol. The molecule has 0 aromatic heterocycles. The summed E-state index contributed by atoms with van der Waals surface area (Å²) in [5.74, 6) is -0.567. The van der Waals surface area contributed by atoms with Gasteiger partial charge in [0.15, 0.2) is 0 Å². The third-order valence-electron chi connectivity index (χ3n) is 2.86. The average Bonchev–Trinajstić information content (AvgIpc) is 2.22. The van der Waals surface area contributed by atoms with E-state index in [0.717, 1.165) is 10.2 Å². The number of carboxylic acids is 1. The minimum atomic E-state index is -0.760. The predicted octanol–water partition coefficient (Wildman–Crippen LogP) is 2.23. The lowest BCUT2D eigenvalue weighted by Crippen LogP contribution is -2.47. The fourth-order valence-electron chi connectivity index (χ4n) is 2.03. The number of carbonyl (C=O) groups is 1. The Kier molecular flexibility index (Phi) is 3.34. The Hall–Kier alpha value is -1.54. The van der Waals surface area contributed by atoms with Crippen LogP contribution in [0.2, 0.25) is 0 Å². The van der Waals surface area contributed by atoms with Gasteiger partial charge < -0.3 is 10.0 Å². The number of anilines is 1. The highest BCUT2D eigenvalue weighted by Crippen LogP contribution is 2.32. The summed E-state index contributed by atoms with van der Waals surface area (Å²) >= 11 is 3.34. The smallest absolute Gasteiger partial charge is 0.303 e. The van der Waals surface area contributed by atoms with Gasteiger partial charge in [0, 0.05) is 23.5 Å². The second-order valence-electron chi connectivity index (χ2n) is 4.11. The second-order valence-corrected chi connectivity index (χ2v) is 4.97. The first kappa shape index (κ1) is 11.9. The molecule has 1 aromatic rings. The zero-order chi connectivity index (χ0) is 12.4. The van der Waals surface area contributed by atoms with Crippen molar-refractivity contribution in [2.45, 2.75) is 6.42 Å². The molecular formula is C12H11BrN2O2. The summed E-state index contributed by atoms with van der Waals surface area (Å²) < 4.78 is 0.777. The largest absolute Gasteiger partial charge is 0.481 e. The van der Waals surface area contributed by atoms with Crippen molar-refractivity contribution in [1.29, 1.82) is 5.26 Å². The topological polar surface area (TPSA) is 64.3 Å². The van der Waals surface area contributed by atoms with Crippen LogP contribution >= 0.6 is 15.9 Å². The predicted molar refractivity (Wildman–Crippen MR) is 66.8 cm³/mol. The Morgan fingerprint density at radius 3 is 2.88 bits per heavy atom. The molecule has 0 spiro atoms. The van der Waals surface area contributed by atoms with Gasteiger partial charge in [0.1, 0.15) is 6.07 Å². The van der Waals surface area contributed by atoms with Crippen LogP contribution in [0.25, 0.3) is 0 Å². The highest BCUT2D eigenvalue weighted by molar-refractivity contribution is 9.10. The van der Waals surface area contributed by atoms with Gasteiger partial charge in [0.2, 0.25) is 0 Å². The molecule has 88 valence electrons. The Labute approximate surface area is 108 Å². The van der Waals surface area contributed by atoms with E-state index >= 15 is 0 Å². The molecule has 1 saturated heterocycles. The van der Waals surface area contributed by atoms with Crippen molar-refractivity contribution in [3.8, 4) is 6.07 Å². The molecule has 0 atom stereocenters. The first-order valence-electron chi connectivity index (χ1n) is 5.27. The lowest BCUT2D eigenvalue weighted by atomic mass is 9.95. The summed E-state index contributed by atoms with van der Waals surface area (Å²) in [6.45, 7) is 1.41. The summed E-state index contributed by atoms with van der Waals surface area (Å²) in [4.78, 5) is 12.6. The van der Waals surface area contributed by atoms with E-state index in [1.54, 1.807) is 0 Å². The molecule has 1 aliphatic heterocycles. The van der Waals surface area contributed by atoms with Gasteiger partial charge in [-0.05, 0) is 28.1 Å². The molecule has 1 N–H and O–H groups in total. The van der Waals surface area contributed by atoms with Crippen molar-refractivity contribution >= 4 is 27.6 Å². The van der Waals surface area contributed by atoms with E-state index in [2.05, 4.69) is 22.0 Å². The van der Waals surface area contributed by atoms with Gasteiger partial charge in [-0.2, -0.15) is 5.26 Å². The number of aliphatic carboxylic acids is 1. The molecule has 17 heavy (non-hydrogen) atoms. The zero-order valence-electron chi connectivity index (χ0n) is 9.06. The number of hydrogen-bond acceptors (Lipinski definition) is 3. The van der Waals surface area contributed by atoms with Crippen molar-refractivity contribution in [3.05, 3.63) is 28.2 Å². The van der Waals surface area contributed by atoms with Crippen LogP contribution in [0.1, 0.15) is 12.0 Å². The SMILES string of the molecule is N#Cc1c(Br)cccc1N1CC(CC(=O)O)C1. The molecule has 0 amide bonds. The van der Waals surface area contributed by atoms with Gasteiger partial charge in [-0.3, -0.25) is 4.79 Å². The molecular weight excluding hydrogens is 284 g/mol. The Balaban J connectivity index is 2.09. The van der Waals surface area contributed by atoms with E-state index < -0.39 is 5.97 Å². The van der Waals surface area contributed by atoms with Crippen molar-refractivity contribution in [2.24, 2.45) is 5.92 Å². The fraction of sp³-hybridized carbons (Fsp3) is 0.333. The van der Waals surface area contributed by atoms with E-state index in [9.17, 15) is 4.79 Å². The molecule has 1 heterocycles. The molecule has 0 saturated carbocycles. The standard InChI is InChI=1S/C12H11BrN2O2/c13-10-2-1-3-11(9(10)5-14)15-6-8(7-15)4-12(16)17/h1-3,8H,4,6-7H2,(H,16,17). The quantitative estimate of drug-likeness (QED) is 0.928. The maximum Gasteiger partial charge on any atom is 0.303 e. The first-order chi connectivity index (χ1) is 8.11. The van der Waals surface area contributed by atoms with Crippen LogP contribution in [0.5, 0.6) is 0 Å². The highest BCUT2D eigenvalue weighted by atomic mass is 79.9. The monoisotopic (exact) mass is 294 g/mol. The lowest BCUT2D eigenvalue weighted by molar-refractivity contribution is -0.138. The summed E-state index contributed by atoms with van der Waals surface area (Å²) in [6.07, 6.45) is 0.201. The van der Waals surface area contributed by atoms with E-state index in [4.69, 9.17) is 10.4 Å². The number of carboxylic acid groups (broad SMARTS) is 1. The minimum Gasteiger partial charge on any atom is -0.481 e. The number of rotatable bonds is 3. The molecule has 0 aliphatic carbocycles. The normalized spacial score (nSPS) is 15.2. The van der Waals surface area contributed by atoms with Gasteiger partial charge in [-0.25, -0.2) is 0 Å². The number of benzene rings is 1. The van der Waals surface area contributed by atoms with E-state index in [0.29, 0.717) is 18.7 Å². The number of halogens is 1. The third kappa shape index (κ3) is 2.42. The lowest BCUT2D eigenvalue weighted by Gasteiger charge is -2.41. The van der Waals surface area contributed by atoms with Gasteiger partial charge in [0.25, 0.3) is 0 Å². The molecule has 5 heteroatoms. The maximum absolute atomic E-state index is 10.5. The van der Waals surface area contributed by atoms with Crippen LogP contribution in [0, 0.1) is 17.2 Å². The molecule has 0 radical (unpaired) electrons. The van der Waals surface area contributed by atoms with Gasteiger partial charge in [-0.15, -0.1) is 0 Å². The molecule has 1 fully saturated rings. The molecule has 0 bridgehead atoms. The van der Waals surface area contributed by atoms with Crippen LogP contribution in [-0.4, -0.2) is 24.2 Å². The van der Waals surface area contributed by atoms with E-state index in [1.807, 2.05) is 23.1 Å². The highest BCUT2D eigenvalue weighted by Gasteiger charge is 2.30. The summed E-state index contributed by atoms with van der Waals surface area (Å²) in [5, 5.41) is 17.8. The van der Waals surface area contributed by atoms with Crippen molar-refractivity contribution in [3.63, 3.8) is 0 Å². The van der Waals surface area contributed by atoms with Gasteiger partial charge in [0.05, 0.1) is 17.7 Å². The van der Waals surface area contributed by atoms with Crippen LogP contribution in [0.4, 0.5) is 5.69 Å². The van der Waals surface area contributed by atoms with Gasteiger partial charge >= 0.3 is 5.97 Å². The van der Waals surface area contributed by atoms with Crippen LogP contribution < -0.4 is 4.90 Å². The second kappa shape index (κ2) is 4.76. The minimum absolute atomic E-state index is 0.193. The van der Waals surface area contributed by atoms with Crippen LogP contribution in [0.3, 0.4) is 0 Å². The molecule has 1 aliphatic rings. The van der Waals surface area contributed by atoms with Crippen molar-refractivity contribution < 1.29 is 9.90 Å². The molecule has 2 rings (SSSR count). The fourth-order valence-corrected chi connectivity index (χ4v) is 2.47. The van der Waals surface area contributed by atoms with Gasteiger partial charge in [-0.1, -0.05) is 6.07 Å². The Bertz CT molecular complexity index is 490. The molecule has 4 nitrogen and oxygen atoms in total. The molecule has 0 unspecified atom stereocenters. The van der Waals surface area contributed by atoms with Crippen LogP contribution in [-0.2, 0) is 4.79 Å². The maximum atomic E-state index is 10.5. The van der Waals surface area contributed by atoms with E-state index in [1.165, 1.54) is 0 Å². The number of nitriles is 1. The summed E-state index contributed by atoms with van der Waals surface area (Å²) in [7, 11) is 0.